The largest absolute Gasteiger partial charge is 0.488 e. The predicted octanol–water partition coefficient (Wildman–Crippen LogP) is 6.24. The molecule has 5 heteroatoms. The minimum atomic E-state index is -0.203. The second-order valence-electron chi connectivity index (χ2n) is 5.83. The van der Waals surface area contributed by atoms with E-state index in [-0.39, 0.29) is 5.91 Å². The molecule has 0 spiro atoms. The molecule has 0 fully saturated rings. The van der Waals surface area contributed by atoms with Crippen LogP contribution in [0.1, 0.15) is 21.5 Å². The molecule has 0 aliphatic rings. The van der Waals surface area contributed by atoms with Crippen LogP contribution in [0, 0.1) is 6.92 Å². The molecule has 0 unspecified atom stereocenters. The number of hydrogen-bond donors (Lipinski definition) is 1. The maximum absolute atomic E-state index is 12.5. The number of anilines is 1. The number of carbonyl (C=O) groups excluding carboxylic acids is 1. The molecule has 0 aliphatic carbocycles. The lowest BCUT2D eigenvalue weighted by Crippen LogP contribution is -2.13. The number of ether oxygens (including phenoxy) is 1. The third-order valence-corrected chi connectivity index (χ3v) is 4.73. The van der Waals surface area contributed by atoms with Crippen molar-refractivity contribution in [2.75, 3.05) is 5.32 Å². The third kappa shape index (κ3) is 4.65. The normalized spacial score (nSPS) is 10.4. The SMILES string of the molecule is Cc1ccc(Cl)cc1NC(=O)c1ccc(OCc2ccccc2)c(Br)c1. The van der Waals surface area contributed by atoms with E-state index in [4.69, 9.17) is 16.3 Å². The van der Waals surface area contributed by atoms with Crippen molar-refractivity contribution in [3.8, 4) is 5.75 Å². The minimum absolute atomic E-state index is 0.203. The number of rotatable bonds is 5. The number of hydrogen-bond acceptors (Lipinski definition) is 2. The maximum Gasteiger partial charge on any atom is 0.255 e. The summed E-state index contributed by atoms with van der Waals surface area (Å²) in [6, 6.07) is 20.6. The Kier molecular flexibility index (Phi) is 5.96. The molecule has 3 rings (SSSR count). The number of benzene rings is 3. The Bertz CT molecular complexity index is 929. The zero-order valence-corrected chi connectivity index (χ0v) is 16.5. The average Bonchev–Trinajstić information content (AvgIpc) is 2.64. The first-order valence-electron chi connectivity index (χ1n) is 8.07. The van der Waals surface area contributed by atoms with Gasteiger partial charge in [-0.3, -0.25) is 4.79 Å². The quantitative estimate of drug-likeness (QED) is 0.520. The number of nitrogens with one attached hydrogen (secondary N) is 1. The summed E-state index contributed by atoms with van der Waals surface area (Å²) in [5, 5.41) is 3.47. The van der Waals surface area contributed by atoms with Gasteiger partial charge in [0, 0.05) is 16.3 Å². The standard InChI is InChI=1S/C21H17BrClNO2/c1-14-7-9-17(23)12-19(14)24-21(25)16-8-10-20(18(22)11-16)26-13-15-5-3-2-4-6-15/h2-12H,13H2,1H3,(H,24,25). The Morgan fingerprint density at radius 3 is 2.58 bits per heavy atom. The minimum Gasteiger partial charge on any atom is -0.488 e. The first-order valence-corrected chi connectivity index (χ1v) is 9.24. The number of amides is 1. The van der Waals surface area contributed by atoms with Crippen LogP contribution in [0.4, 0.5) is 5.69 Å². The van der Waals surface area contributed by atoms with Gasteiger partial charge in [-0.05, 0) is 64.3 Å². The predicted molar refractivity (Wildman–Crippen MR) is 109 cm³/mol. The second kappa shape index (κ2) is 8.39. The zero-order valence-electron chi connectivity index (χ0n) is 14.1. The Balaban J connectivity index is 1.70. The number of halogens is 2. The first-order chi connectivity index (χ1) is 12.5. The van der Waals surface area contributed by atoms with Gasteiger partial charge in [0.1, 0.15) is 12.4 Å². The summed E-state index contributed by atoms with van der Waals surface area (Å²) in [7, 11) is 0. The van der Waals surface area contributed by atoms with E-state index in [0.717, 1.165) is 15.6 Å². The van der Waals surface area contributed by atoms with Gasteiger partial charge < -0.3 is 10.1 Å². The van der Waals surface area contributed by atoms with Crippen molar-refractivity contribution in [3.63, 3.8) is 0 Å². The molecule has 0 heterocycles. The van der Waals surface area contributed by atoms with E-state index in [2.05, 4.69) is 21.2 Å². The van der Waals surface area contributed by atoms with Gasteiger partial charge in [-0.2, -0.15) is 0 Å². The van der Waals surface area contributed by atoms with Crippen molar-refractivity contribution in [2.45, 2.75) is 13.5 Å². The van der Waals surface area contributed by atoms with Crippen LogP contribution in [-0.4, -0.2) is 5.91 Å². The smallest absolute Gasteiger partial charge is 0.255 e. The van der Waals surface area contributed by atoms with E-state index >= 15 is 0 Å². The molecule has 0 saturated carbocycles. The Hall–Kier alpha value is -2.30. The van der Waals surface area contributed by atoms with Crippen molar-refractivity contribution in [2.24, 2.45) is 0 Å². The molecule has 0 bridgehead atoms. The topological polar surface area (TPSA) is 38.3 Å². The van der Waals surface area contributed by atoms with Crippen molar-refractivity contribution in [3.05, 3.63) is 92.9 Å². The Morgan fingerprint density at radius 2 is 1.85 bits per heavy atom. The highest BCUT2D eigenvalue weighted by Crippen LogP contribution is 2.28. The molecule has 0 saturated heterocycles. The lowest BCUT2D eigenvalue weighted by Gasteiger charge is -2.11. The fourth-order valence-electron chi connectivity index (χ4n) is 2.42. The number of carbonyl (C=O) groups is 1. The van der Waals surface area contributed by atoms with Gasteiger partial charge in [-0.25, -0.2) is 0 Å². The van der Waals surface area contributed by atoms with Crippen molar-refractivity contribution < 1.29 is 9.53 Å². The van der Waals surface area contributed by atoms with Crippen LogP contribution in [0.2, 0.25) is 5.02 Å². The van der Waals surface area contributed by atoms with Crippen molar-refractivity contribution in [1.29, 1.82) is 0 Å². The monoisotopic (exact) mass is 429 g/mol. The van der Waals surface area contributed by atoms with Crippen LogP contribution < -0.4 is 10.1 Å². The molecular weight excluding hydrogens is 414 g/mol. The average molecular weight is 431 g/mol. The van der Waals surface area contributed by atoms with Gasteiger partial charge in [0.25, 0.3) is 5.91 Å². The van der Waals surface area contributed by atoms with E-state index in [1.807, 2.05) is 43.3 Å². The molecular formula is C21H17BrClNO2. The molecule has 0 radical (unpaired) electrons. The lowest BCUT2D eigenvalue weighted by atomic mass is 10.1. The fourth-order valence-corrected chi connectivity index (χ4v) is 3.08. The summed E-state index contributed by atoms with van der Waals surface area (Å²) in [4.78, 5) is 12.5. The van der Waals surface area contributed by atoms with Gasteiger partial charge in [0.05, 0.1) is 4.47 Å². The second-order valence-corrected chi connectivity index (χ2v) is 7.12. The van der Waals surface area contributed by atoms with Crippen LogP contribution >= 0.6 is 27.5 Å². The Morgan fingerprint density at radius 1 is 1.08 bits per heavy atom. The highest BCUT2D eigenvalue weighted by Gasteiger charge is 2.11. The molecule has 0 aromatic heterocycles. The van der Waals surface area contributed by atoms with Crippen LogP contribution in [0.3, 0.4) is 0 Å². The summed E-state index contributed by atoms with van der Waals surface area (Å²) in [5.74, 6) is 0.481. The highest BCUT2D eigenvalue weighted by molar-refractivity contribution is 9.10. The summed E-state index contributed by atoms with van der Waals surface area (Å²) in [6.07, 6.45) is 0. The van der Waals surface area contributed by atoms with E-state index in [0.29, 0.717) is 28.6 Å². The molecule has 132 valence electrons. The van der Waals surface area contributed by atoms with E-state index in [1.54, 1.807) is 30.3 Å². The van der Waals surface area contributed by atoms with E-state index in [1.165, 1.54) is 0 Å². The van der Waals surface area contributed by atoms with Crippen LogP contribution in [0.25, 0.3) is 0 Å². The van der Waals surface area contributed by atoms with Gasteiger partial charge in [-0.15, -0.1) is 0 Å². The molecule has 1 N–H and O–H groups in total. The van der Waals surface area contributed by atoms with Crippen molar-refractivity contribution >= 4 is 39.1 Å². The molecule has 3 aromatic rings. The Labute approximate surface area is 166 Å². The highest BCUT2D eigenvalue weighted by atomic mass is 79.9. The van der Waals surface area contributed by atoms with Crippen LogP contribution in [-0.2, 0) is 6.61 Å². The molecule has 3 nitrogen and oxygen atoms in total. The molecule has 26 heavy (non-hydrogen) atoms. The third-order valence-electron chi connectivity index (χ3n) is 3.88. The van der Waals surface area contributed by atoms with Crippen LogP contribution in [0.5, 0.6) is 5.75 Å². The fraction of sp³-hybridized carbons (Fsp3) is 0.0952. The zero-order chi connectivity index (χ0) is 18.5. The molecule has 1 amide bonds. The molecule has 3 aromatic carbocycles. The molecule has 0 atom stereocenters. The molecule has 0 aliphatic heterocycles. The van der Waals surface area contributed by atoms with Crippen LogP contribution in [0.15, 0.2) is 71.2 Å². The van der Waals surface area contributed by atoms with Gasteiger partial charge in [0.2, 0.25) is 0 Å². The van der Waals surface area contributed by atoms with E-state index in [9.17, 15) is 4.79 Å². The van der Waals surface area contributed by atoms with Crippen molar-refractivity contribution in [1.82, 2.24) is 0 Å². The first kappa shape index (κ1) is 18.5. The summed E-state index contributed by atoms with van der Waals surface area (Å²) < 4.78 is 6.54. The van der Waals surface area contributed by atoms with Gasteiger partial charge in [-0.1, -0.05) is 48.0 Å². The van der Waals surface area contributed by atoms with E-state index < -0.39 is 0 Å². The number of aryl methyl sites for hydroxylation is 1. The van der Waals surface area contributed by atoms with Gasteiger partial charge in [0.15, 0.2) is 0 Å². The summed E-state index contributed by atoms with van der Waals surface area (Å²) in [5.41, 5.74) is 3.26. The summed E-state index contributed by atoms with van der Waals surface area (Å²) >= 11 is 9.48. The summed E-state index contributed by atoms with van der Waals surface area (Å²) in [6.45, 7) is 2.38. The maximum atomic E-state index is 12.5. The van der Waals surface area contributed by atoms with Gasteiger partial charge >= 0.3 is 0 Å². The lowest BCUT2D eigenvalue weighted by molar-refractivity contribution is 0.102.